The topological polar surface area (TPSA) is 94.9 Å². The van der Waals surface area contributed by atoms with Gasteiger partial charge >= 0.3 is 6.03 Å². The second-order valence-corrected chi connectivity index (χ2v) is 7.61. The summed E-state index contributed by atoms with van der Waals surface area (Å²) in [6.07, 6.45) is 1.41. The van der Waals surface area contributed by atoms with Crippen molar-refractivity contribution in [2.75, 3.05) is 36.8 Å². The van der Waals surface area contributed by atoms with E-state index in [1.54, 1.807) is 52.3 Å². The summed E-state index contributed by atoms with van der Waals surface area (Å²) in [5, 5.41) is 5.74. The molecule has 0 radical (unpaired) electrons. The van der Waals surface area contributed by atoms with Crippen LogP contribution in [0.3, 0.4) is 0 Å². The number of carbonyl (C=O) groups is 3. The maximum absolute atomic E-state index is 12.6. The molecular formula is C23H21ClN4O4. The molecule has 0 spiro atoms. The lowest BCUT2D eigenvalue weighted by Crippen LogP contribution is -2.51. The lowest BCUT2D eigenvalue weighted by atomic mass is 10.2. The first-order chi connectivity index (χ1) is 15.5. The fraction of sp³-hybridized carbons (Fsp3) is 0.174. The maximum atomic E-state index is 12.6. The number of amides is 4. The minimum absolute atomic E-state index is 0.0374. The van der Waals surface area contributed by atoms with E-state index in [1.165, 1.54) is 6.26 Å². The third-order valence-electron chi connectivity index (χ3n) is 5.09. The SMILES string of the molecule is O=C(Nc1ccc(NC(=O)N2CCN(C(=O)c3ccccc3)CC2)cc1Cl)c1ccco1. The van der Waals surface area contributed by atoms with Crippen molar-refractivity contribution in [3.63, 3.8) is 0 Å². The average molecular weight is 453 g/mol. The molecule has 4 amide bonds. The first kappa shape index (κ1) is 21.5. The Labute approximate surface area is 189 Å². The summed E-state index contributed by atoms with van der Waals surface area (Å²) < 4.78 is 5.06. The predicted molar refractivity (Wildman–Crippen MR) is 121 cm³/mol. The van der Waals surface area contributed by atoms with Crippen molar-refractivity contribution in [3.8, 4) is 0 Å². The number of nitrogens with one attached hydrogen (secondary N) is 2. The van der Waals surface area contributed by atoms with Gasteiger partial charge in [0.15, 0.2) is 5.76 Å². The molecule has 1 aromatic heterocycles. The fourth-order valence-electron chi connectivity index (χ4n) is 3.36. The first-order valence-electron chi connectivity index (χ1n) is 10.1. The van der Waals surface area contributed by atoms with E-state index in [0.29, 0.717) is 43.1 Å². The standard InChI is InChI=1S/C23H21ClN4O4/c24-18-15-17(8-9-19(18)26-21(29)20-7-4-14-32-20)25-23(31)28-12-10-27(11-13-28)22(30)16-5-2-1-3-6-16/h1-9,14-15H,10-13H2,(H,25,31)(H,26,29). The summed E-state index contributed by atoms with van der Waals surface area (Å²) in [7, 11) is 0. The molecule has 4 rings (SSSR count). The molecule has 1 aliphatic heterocycles. The number of piperazine rings is 1. The van der Waals surface area contributed by atoms with Gasteiger partial charge in [-0.25, -0.2) is 4.79 Å². The lowest BCUT2D eigenvalue weighted by molar-refractivity contribution is 0.0671. The van der Waals surface area contributed by atoms with Crippen LogP contribution in [0, 0.1) is 0 Å². The molecule has 2 aromatic carbocycles. The number of rotatable bonds is 4. The number of hydrogen-bond acceptors (Lipinski definition) is 4. The van der Waals surface area contributed by atoms with Crippen molar-refractivity contribution in [1.29, 1.82) is 0 Å². The molecule has 0 saturated carbocycles. The Kier molecular flexibility index (Phi) is 6.42. The van der Waals surface area contributed by atoms with Crippen LogP contribution in [0.5, 0.6) is 0 Å². The summed E-state index contributed by atoms with van der Waals surface area (Å²) in [4.78, 5) is 40.7. The Morgan fingerprint density at radius 3 is 2.22 bits per heavy atom. The van der Waals surface area contributed by atoms with Crippen molar-refractivity contribution in [3.05, 3.63) is 83.3 Å². The quantitative estimate of drug-likeness (QED) is 0.621. The van der Waals surface area contributed by atoms with Gasteiger partial charge in [0.05, 0.1) is 17.0 Å². The Bertz CT molecular complexity index is 1110. The molecule has 0 unspecified atom stereocenters. The lowest BCUT2D eigenvalue weighted by Gasteiger charge is -2.34. The van der Waals surface area contributed by atoms with Gasteiger partial charge in [0.25, 0.3) is 11.8 Å². The van der Waals surface area contributed by atoms with Crippen LogP contribution in [0.4, 0.5) is 16.2 Å². The molecule has 1 fully saturated rings. The zero-order chi connectivity index (χ0) is 22.5. The zero-order valence-corrected chi connectivity index (χ0v) is 17.8. The molecular weight excluding hydrogens is 432 g/mol. The van der Waals surface area contributed by atoms with Crippen LogP contribution in [0.2, 0.25) is 5.02 Å². The predicted octanol–water partition coefficient (Wildman–Crippen LogP) is 4.18. The van der Waals surface area contributed by atoms with Gasteiger partial charge in [0.1, 0.15) is 0 Å². The van der Waals surface area contributed by atoms with E-state index >= 15 is 0 Å². The van der Waals surface area contributed by atoms with Gasteiger partial charge in [-0.2, -0.15) is 0 Å². The molecule has 164 valence electrons. The van der Waals surface area contributed by atoms with Gasteiger partial charge in [-0.05, 0) is 42.5 Å². The van der Waals surface area contributed by atoms with E-state index in [-0.39, 0.29) is 22.7 Å². The van der Waals surface area contributed by atoms with Gasteiger partial charge in [-0.1, -0.05) is 29.8 Å². The van der Waals surface area contributed by atoms with Gasteiger partial charge in [-0.3, -0.25) is 9.59 Å². The van der Waals surface area contributed by atoms with Gasteiger partial charge < -0.3 is 24.9 Å². The molecule has 0 aliphatic carbocycles. The van der Waals surface area contributed by atoms with E-state index < -0.39 is 5.91 Å². The molecule has 9 heteroatoms. The third-order valence-corrected chi connectivity index (χ3v) is 5.40. The van der Waals surface area contributed by atoms with Crippen LogP contribution >= 0.6 is 11.6 Å². The van der Waals surface area contributed by atoms with Crippen molar-refractivity contribution in [2.24, 2.45) is 0 Å². The zero-order valence-electron chi connectivity index (χ0n) is 17.1. The summed E-state index contributed by atoms with van der Waals surface area (Å²) in [6, 6.07) is 16.8. The summed E-state index contributed by atoms with van der Waals surface area (Å²) in [5.74, 6) is -0.287. The summed E-state index contributed by atoms with van der Waals surface area (Å²) in [5.41, 5.74) is 1.54. The smallest absolute Gasteiger partial charge is 0.321 e. The van der Waals surface area contributed by atoms with Crippen LogP contribution in [-0.2, 0) is 0 Å². The van der Waals surface area contributed by atoms with E-state index in [2.05, 4.69) is 10.6 Å². The first-order valence-corrected chi connectivity index (χ1v) is 10.4. The Balaban J connectivity index is 1.31. The second kappa shape index (κ2) is 9.57. The number of nitrogens with zero attached hydrogens (tertiary/aromatic N) is 2. The van der Waals surface area contributed by atoms with Crippen LogP contribution in [0.25, 0.3) is 0 Å². The van der Waals surface area contributed by atoms with Gasteiger partial charge in [0, 0.05) is 37.4 Å². The Morgan fingerprint density at radius 1 is 0.844 bits per heavy atom. The van der Waals surface area contributed by atoms with Gasteiger partial charge in [0.2, 0.25) is 0 Å². The van der Waals surface area contributed by atoms with E-state index in [1.807, 2.05) is 18.2 Å². The van der Waals surface area contributed by atoms with Crippen molar-refractivity contribution in [1.82, 2.24) is 9.80 Å². The number of urea groups is 1. The van der Waals surface area contributed by atoms with E-state index in [4.69, 9.17) is 16.0 Å². The third kappa shape index (κ3) is 4.92. The Morgan fingerprint density at radius 2 is 1.56 bits per heavy atom. The highest BCUT2D eigenvalue weighted by atomic mass is 35.5. The molecule has 0 bridgehead atoms. The number of anilines is 2. The number of halogens is 1. The van der Waals surface area contributed by atoms with Gasteiger partial charge in [-0.15, -0.1) is 0 Å². The highest BCUT2D eigenvalue weighted by Crippen LogP contribution is 2.26. The highest BCUT2D eigenvalue weighted by molar-refractivity contribution is 6.34. The van der Waals surface area contributed by atoms with Crippen LogP contribution in [-0.4, -0.2) is 53.8 Å². The van der Waals surface area contributed by atoms with Crippen molar-refractivity contribution in [2.45, 2.75) is 0 Å². The average Bonchev–Trinajstić information content (AvgIpc) is 3.36. The van der Waals surface area contributed by atoms with Crippen molar-refractivity contribution < 1.29 is 18.8 Å². The largest absolute Gasteiger partial charge is 0.459 e. The van der Waals surface area contributed by atoms with Crippen LogP contribution < -0.4 is 10.6 Å². The monoisotopic (exact) mass is 452 g/mol. The number of hydrogen-bond donors (Lipinski definition) is 2. The molecule has 1 aliphatic rings. The number of furan rings is 1. The molecule has 2 N–H and O–H groups in total. The summed E-state index contributed by atoms with van der Waals surface area (Å²) >= 11 is 6.26. The minimum Gasteiger partial charge on any atom is -0.459 e. The minimum atomic E-state index is -0.420. The molecule has 2 heterocycles. The normalized spacial score (nSPS) is 13.5. The molecule has 3 aromatic rings. The summed E-state index contributed by atoms with van der Waals surface area (Å²) in [6.45, 7) is 1.77. The molecule has 8 nitrogen and oxygen atoms in total. The molecule has 32 heavy (non-hydrogen) atoms. The van der Waals surface area contributed by atoms with Crippen LogP contribution in [0.15, 0.2) is 71.3 Å². The fourth-order valence-corrected chi connectivity index (χ4v) is 3.59. The van der Waals surface area contributed by atoms with E-state index in [0.717, 1.165) is 0 Å². The van der Waals surface area contributed by atoms with Crippen LogP contribution in [0.1, 0.15) is 20.9 Å². The van der Waals surface area contributed by atoms with Crippen molar-refractivity contribution >= 4 is 40.8 Å². The molecule has 0 atom stereocenters. The van der Waals surface area contributed by atoms with E-state index in [9.17, 15) is 14.4 Å². The number of benzene rings is 2. The second-order valence-electron chi connectivity index (χ2n) is 7.20. The highest BCUT2D eigenvalue weighted by Gasteiger charge is 2.25. The molecule has 1 saturated heterocycles. The maximum Gasteiger partial charge on any atom is 0.321 e. The Hall–Kier alpha value is -3.78. The number of carbonyl (C=O) groups excluding carboxylic acids is 3.